The largest absolute Gasteiger partial charge is 0.497 e. The van der Waals surface area contributed by atoms with E-state index in [1.807, 2.05) is 37.3 Å². The molecule has 0 spiro atoms. The zero-order valence-electron chi connectivity index (χ0n) is 19.1. The van der Waals surface area contributed by atoms with E-state index in [0.717, 1.165) is 46.2 Å². The number of ether oxygens (including phenoxy) is 1. The highest BCUT2D eigenvalue weighted by atomic mass is 32.1. The summed E-state index contributed by atoms with van der Waals surface area (Å²) in [6.07, 6.45) is 1.78. The topological polar surface area (TPSA) is 72.3 Å². The van der Waals surface area contributed by atoms with Gasteiger partial charge in [0.1, 0.15) is 11.6 Å². The molecule has 7 nitrogen and oxygen atoms in total. The van der Waals surface area contributed by atoms with E-state index in [4.69, 9.17) is 9.72 Å². The smallest absolute Gasteiger partial charge is 0.225 e. The molecule has 0 saturated carbocycles. The SMILES string of the molecule is COc1ccc(CNC(=O)[C@@H]2CCCN(c3nc4c(s3)c(C)nn4-c3cccc(F)c3)C2)cc1. The molecule has 0 radical (unpaired) electrons. The number of aryl methyl sites for hydroxylation is 1. The van der Waals surface area contributed by atoms with Crippen molar-refractivity contribution in [2.45, 2.75) is 26.3 Å². The molecular formula is C25H26FN5O2S. The Morgan fingerprint density at radius 3 is 2.85 bits per heavy atom. The highest BCUT2D eigenvalue weighted by Crippen LogP contribution is 2.34. The molecule has 4 aromatic rings. The molecule has 9 heteroatoms. The summed E-state index contributed by atoms with van der Waals surface area (Å²) in [6, 6.07) is 14.0. The van der Waals surface area contributed by atoms with Gasteiger partial charge in [-0.05, 0) is 55.7 Å². The van der Waals surface area contributed by atoms with Gasteiger partial charge in [0.25, 0.3) is 0 Å². The lowest BCUT2D eigenvalue weighted by atomic mass is 9.97. The zero-order chi connectivity index (χ0) is 23.7. The van der Waals surface area contributed by atoms with Crippen molar-refractivity contribution in [3.05, 3.63) is 65.6 Å². The number of piperidine rings is 1. The highest BCUT2D eigenvalue weighted by Gasteiger charge is 2.28. The number of halogens is 1. The monoisotopic (exact) mass is 479 g/mol. The lowest BCUT2D eigenvalue weighted by Gasteiger charge is -2.31. The molecule has 3 heterocycles. The van der Waals surface area contributed by atoms with E-state index in [2.05, 4.69) is 15.3 Å². The minimum absolute atomic E-state index is 0.0590. The first-order chi connectivity index (χ1) is 16.5. The fraction of sp³-hybridized carbons (Fsp3) is 0.320. The van der Waals surface area contributed by atoms with Crippen LogP contribution in [0.5, 0.6) is 5.75 Å². The maximum Gasteiger partial charge on any atom is 0.225 e. The van der Waals surface area contributed by atoms with Crippen molar-refractivity contribution in [3.63, 3.8) is 0 Å². The first-order valence-electron chi connectivity index (χ1n) is 11.3. The molecule has 5 rings (SSSR count). The van der Waals surface area contributed by atoms with Crippen LogP contribution in [0.4, 0.5) is 9.52 Å². The number of aromatic nitrogens is 3. The second kappa shape index (κ2) is 9.42. The van der Waals surface area contributed by atoms with E-state index >= 15 is 0 Å². The number of nitrogens with zero attached hydrogens (tertiary/aromatic N) is 4. The Bertz CT molecular complexity index is 1320. The van der Waals surface area contributed by atoms with Crippen molar-refractivity contribution in [1.82, 2.24) is 20.1 Å². The molecule has 1 aliphatic rings. The number of anilines is 1. The first kappa shape index (κ1) is 22.3. The Kier molecular flexibility index (Phi) is 6.19. The summed E-state index contributed by atoms with van der Waals surface area (Å²) in [4.78, 5) is 19.9. The molecular weight excluding hydrogens is 453 g/mol. The van der Waals surface area contributed by atoms with Gasteiger partial charge in [0.05, 0.1) is 29.1 Å². The molecule has 2 aromatic carbocycles. The summed E-state index contributed by atoms with van der Waals surface area (Å²) in [5, 5.41) is 8.50. The summed E-state index contributed by atoms with van der Waals surface area (Å²) in [7, 11) is 1.63. The normalized spacial score (nSPS) is 16.1. The average molecular weight is 480 g/mol. The quantitative estimate of drug-likeness (QED) is 0.442. The van der Waals surface area contributed by atoms with Crippen molar-refractivity contribution in [1.29, 1.82) is 0 Å². The van der Waals surface area contributed by atoms with Crippen molar-refractivity contribution in [3.8, 4) is 11.4 Å². The third kappa shape index (κ3) is 4.48. The van der Waals surface area contributed by atoms with Gasteiger partial charge in [-0.25, -0.2) is 9.07 Å². The van der Waals surface area contributed by atoms with Crippen LogP contribution in [0.3, 0.4) is 0 Å². The minimum atomic E-state index is -0.311. The van der Waals surface area contributed by atoms with E-state index in [0.29, 0.717) is 24.4 Å². The molecule has 1 atom stereocenters. The number of benzene rings is 2. The Balaban J connectivity index is 1.29. The van der Waals surface area contributed by atoms with Crippen LogP contribution in [0, 0.1) is 18.7 Å². The van der Waals surface area contributed by atoms with Crippen molar-refractivity contribution < 1.29 is 13.9 Å². The maximum absolute atomic E-state index is 13.8. The third-order valence-corrected chi connectivity index (χ3v) is 7.33. The standard InChI is InChI=1S/C25H26FN5O2S/c1-16-22-23(31(29-16)20-7-3-6-19(26)13-20)28-25(34-22)30-12-4-5-18(15-30)24(32)27-14-17-8-10-21(33-2)11-9-17/h3,6-11,13,18H,4-5,12,14-15H2,1-2H3,(H,27,32)/t18-/m1/s1. The lowest BCUT2D eigenvalue weighted by Crippen LogP contribution is -2.43. The molecule has 34 heavy (non-hydrogen) atoms. The van der Waals surface area contributed by atoms with E-state index in [9.17, 15) is 9.18 Å². The molecule has 1 fully saturated rings. The molecule has 2 aromatic heterocycles. The average Bonchev–Trinajstić information content (AvgIpc) is 3.43. The summed E-state index contributed by atoms with van der Waals surface area (Å²) in [5.41, 5.74) is 3.25. The zero-order valence-corrected chi connectivity index (χ0v) is 19.9. The van der Waals surface area contributed by atoms with Crippen LogP contribution in [0.2, 0.25) is 0 Å². The van der Waals surface area contributed by atoms with Crippen molar-refractivity contribution in [2.24, 2.45) is 5.92 Å². The summed E-state index contributed by atoms with van der Waals surface area (Å²) < 4.78 is 21.6. The number of fused-ring (bicyclic) bond motifs is 1. The molecule has 1 saturated heterocycles. The predicted molar refractivity (Wildman–Crippen MR) is 131 cm³/mol. The van der Waals surface area contributed by atoms with Crippen molar-refractivity contribution >= 4 is 32.7 Å². The number of methoxy groups -OCH3 is 1. The number of nitrogens with one attached hydrogen (secondary N) is 1. The number of thiazole rings is 1. The Hall–Kier alpha value is -3.46. The molecule has 0 unspecified atom stereocenters. The van der Waals surface area contributed by atoms with Crippen LogP contribution in [0.15, 0.2) is 48.5 Å². The number of hydrogen-bond donors (Lipinski definition) is 1. The van der Waals surface area contributed by atoms with Gasteiger partial charge in [-0.3, -0.25) is 4.79 Å². The highest BCUT2D eigenvalue weighted by molar-refractivity contribution is 7.22. The molecule has 1 amide bonds. The van der Waals surface area contributed by atoms with Gasteiger partial charge < -0.3 is 15.0 Å². The Morgan fingerprint density at radius 2 is 2.09 bits per heavy atom. The third-order valence-electron chi connectivity index (χ3n) is 6.12. The number of amides is 1. The van der Waals surface area contributed by atoms with Gasteiger partial charge in [-0.15, -0.1) is 0 Å². The Labute approximate surface area is 201 Å². The van der Waals surface area contributed by atoms with Gasteiger partial charge >= 0.3 is 0 Å². The number of hydrogen-bond acceptors (Lipinski definition) is 6. The number of carbonyl (C=O) groups excluding carboxylic acids is 1. The summed E-state index contributed by atoms with van der Waals surface area (Å²) in [5.74, 6) is 0.446. The van der Waals surface area contributed by atoms with Crippen LogP contribution in [-0.2, 0) is 11.3 Å². The summed E-state index contributed by atoms with van der Waals surface area (Å²) >= 11 is 1.57. The molecule has 0 aliphatic carbocycles. The minimum Gasteiger partial charge on any atom is -0.497 e. The second-order valence-corrected chi connectivity index (χ2v) is 9.45. The van der Waals surface area contributed by atoms with Crippen LogP contribution >= 0.6 is 11.3 Å². The van der Waals surface area contributed by atoms with Crippen LogP contribution in [-0.4, -0.2) is 40.9 Å². The fourth-order valence-electron chi connectivity index (χ4n) is 4.29. The lowest BCUT2D eigenvalue weighted by molar-refractivity contribution is -0.125. The predicted octanol–water partition coefficient (Wildman–Crippen LogP) is 4.47. The maximum atomic E-state index is 13.8. The van der Waals surface area contributed by atoms with Gasteiger partial charge in [-0.1, -0.05) is 29.5 Å². The van der Waals surface area contributed by atoms with Crippen LogP contribution in [0.1, 0.15) is 24.1 Å². The van der Waals surface area contributed by atoms with E-state index in [-0.39, 0.29) is 17.6 Å². The molecule has 0 bridgehead atoms. The fourth-order valence-corrected chi connectivity index (χ4v) is 5.31. The van der Waals surface area contributed by atoms with E-state index in [1.165, 1.54) is 12.1 Å². The first-order valence-corrected chi connectivity index (χ1v) is 12.1. The second-order valence-electron chi connectivity index (χ2n) is 8.48. The van der Waals surface area contributed by atoms with Gasteiger partial charge in [0.2, 0.25) is 5.91 Å². The van der Waals surface area contributed by atoms with Crippen LogP contribution < -0.4 is 15.0 Å². The van der Waals surface area contributed by atoms with Gasteiger partial charge in [0, 0.05) is 19.6 Å². The summed E-state index contributed by atoms with van der Waals surface area (Å²) in [6.45, 7) is 3.90. The van der Waals surface area contributed by atoms with Crippen LogP contribution in [0.25, 0.3) is 16.0 Å². The molecule has 1 N–H and O–H groups in total. The number of rotatable bonds is 6. The van der Waals surface area contributed by atoms with Crippen molar-refractivity contribution in [2.75, 3.05) is 25.1 Å². The van der Waals surface area contributed by atoms with E-state index in [1.54, 1.807) is 29.2 Å². The molecule has 1 aliphatic heterocycles. The van der Waals surface area contributed by atoms with E-state index < -0.39 is 0 Å². The molecule has 176 valence electrons. The Morgan fingerprint density at radius 1 is 1.26 bits per heavy atom. The van der Waals surface area contributed by atoms with Gasteiger partial charge in [0.15, 0.2) is 10.8 Å². The van der Waals surface area contributed by atoms with Gasteiger partial charge in [-0.2, -0.15) is 10.1 Å². The number of carbonyl (C=O) groups is 1.